The predicted molar refractivity (Wildman–Crippen MR) is 85.9 cm³/mol. The number of carbonyl (C=O) groups excluding carboxylic acids is 1. The van der Waals surface area contributed by atoms with Crippen LogP contribution in [-0.2, 0) is 17.8 Å². The number of rotatable bonds is 6. The highest BCUT2D eigenvalue weighted by Crippen LogP contribution is 2.17. The first kappa shape index (κ1) is 16.0. The van der Waals surface area contributed by atoms with E-state index >= 15 is 0 Å². The summed E-state index contributed by atoms with van der Waals surface area (Å²) in [4.78, 5) is 14.5. The third-order valence-electron chi connectivity index (χ3n) is 4.26. The Hall–Kier alpha value is -1.39. The van der Waals surface area contributed by atoms with Crippen LogP contribution in [0.25, 0.3) is 0 Å². The van der Waals surface area contributed by atoms with Crippen molar-refractivity contribution in [2.45, 2.75) is 39.3 Å². The lowest BCUT2D eigenvalue weighted by Gasteiger charge is -2.20. The Bertz CT molecular complexity index is 456. The highest BCUT2D eigenvalue weighted by Gasteiger charge is 2.24. The molecule has 116 valence electrons. The first-order valence-corrected chi connectivity index (χ1v) is 7.87. The standard InChI is InChI=1S/C17H27N3O/c1-13(2)20-8-7-16(12-20)11-19-17(21)9-14-3-5-15(10-18)6-4-14/h3-6,13,16H,7-12,18H2,1-2H3,(H,19,21). The van der Waals surface area contributed by atoms with Crippen LogP contribution in [0.2, 0.25) is 0 Å². The number of benzene rings is 1. The van der Waals surface area contributed by atoms with Gasteiger partial charge in [-0.3, -0.25) is 4.79 Å². The number of nitrogens with two attached hydrogens (primary N) is 1. The maximum Gasteiger partial charge on any atom is 0.224 e. The number of hydrogen-bond acceptors (Lipinski definition) is 3. The molecular weight excluding hydrogens is 262 g/mol. The molecular formula is C17H27N3O. The topological polar surface area (TPSA) is 58.4 Å². The van der Waals surface area contributed by atoms with Crippen molar-refractivity contribution in [3.05, 3.63) is 35.4 Å². The summed E-state index contributed by atoms with van der Waals surface area (Å²) in [5, 5.41) is 3.07. The van der Waals surface area contributed by atoms with Crippen molar-refractivity contribution in [3.8, 4) is 0 Å². The Balaban J connectivity index is 1.72. The fraction of sp³-hybridized carbons (Fsp3) is 0.588. The normalized spacial score (nSPS) is 19.1. The second-order valence-electron chi connectivity index (χ2n) is 6.24. The van der Waals surface area contributed by atoms with Gasteiger partial charge in [-0.2, -0.15) is 0 Å². The van der Waals surface area contributed by atoms with E-state index in [0.717, 1.165) is 30.8 Å². The summed E-state index contributed by atoms with van der Waals surface area (Å²) in [5.74, 6) is 0.703. The van der Waals surface area contributed by atoms with Gasteiger partial charge >= 0.3 is 0 Å². The summed E-state index contributed by atoms with van der Waals surface area (Å²) >= 11 is 0. The first-order chi connectivity index (χ1) is 10.1. The summed E-state index contributed by atoms with van der Waals surface area (Å²) < 4.78 is 0. The predicted octanol–water partition coefficient (Wildman–Crippen LogP) is 1.53. The quantitative estimate of drug-likeness (QED) is 0.835. The van der Waals surface area contributed by atoms with E-state index in [2.05, 4.69) is 24.1 Å². The minimum atomic E-state index is 0.110. The second-order valence-corrected chi connectivity index (χ2v) is 6.24. The Morgan fingerprint density at radius 2 is 2.00 bits per heavy atom. The van der Waals surface area contributed by atoms with E-state index in [-0.39, 0.29) is 5.91 Å². The van der Waals surface area contributed by atoms with Gasteiger partial charge in [0.25, 0.3) is 0 Å². The van der Waals surface area contributed by atoms with Crippen LogP contribution >= 0.6 is 0 Å². The van der Waals surface area contributed by atoms with Crippen LogP contribution in [-0.4, -0.2) is 36.5 Å². The van der Waals surface area contributed by atoms with E-state index in [1.807, 2.05) is 24.3 Å². The first-order valence-electron chi connectivity index (χ1n) is 7.87. The molecule has 4 nitrogen and oxygen atoms in total. The average molecular weight is 289 g/mol. The largest absolute Gasteiger partial charge is 0.355 e. The Labute approximate surface area is 127 Å². The molecule has 1 aliphatic rings. The Kier molecular flexibility index (Phi) is 5.76. The van der Waals surface area contributed by atoms with E-state index in [4.69, 9.17) is 5.73 Å². The molecule has 0 bridgehead atoms. The molecule has 1 aliphatic heterocycles. The van der Waals surface area contributed by atoms with Crippen LogP contribution in [0.3, 0.4) is 0 Å². The molecule has 1 saturated heterocycles. The van der Waals surface area contributed by atoms with E-state index in [1.54, 1.807) is 0 Å². The van der Waals surface area contributed by atoms with Gasteiger partial charge < -0.3 is 16.0 Å². The molecule has 1 aromatic rings. The summed E-state index contributed by atoms with van der Waals surface area (Å²) in [6.07, 6.45) is 1.63. The molecule has 0 saturated carbocycles. The molecule has 1 fully saturated rings. The van der Waals surface area contributed by atoms with Crippen molar-refractivity contribution in [1.82, 2.24) is 10.2 Å². The zero-order valence-corrected chi connectivity index (χ0v) is 13.1. The monoisotopic (exact) mass is 289 g/mol. The maximum absolute atomic E-state index is 12.0. The van der Waals surface area contributed by atoms with E-state index in [9.17, 15) is 4.79 Å². The highest BCUT2D eigenvalue weighted by molar-refractivity contribution is 5.78. The zero-order valence-electron chi connectivity index (χ0n) is 13.1. The fourth-order valence-corrected chi connectivity index (χ4v) is 2.80. The van der Waals surface area contributed by atoms with Crippen molar-refractivity contribution >= 4 is 5.91 Å². The van der Waals surface area contributed by atoms with Crippen LogP contribution in [0.1, 0.15) is 31.4 Å². The van der Waals surface area contributed by atoms with Crippen molar-refractivity contribution in [1.29, 1.82) is 0 Å². The number of amides is 1. The number of hydrogen-bond donors (Lipinski definition) is 2. The van der Waals surface area contributed by atoms with Gasteiger partial charge in [-0.15, -0.1) is 0 Å². The van der Waals surface area contributed by atoms with Crippen LogP contribution in [0.15, 0.2) is 24.3 Å². The number of likely N-dealkylation sites (tertiary alicyclic amines) is 1. The summed E-state index contributed by atoms with van der Waals surface area (Å²) in [6, 6.07) is 8.54. The van der Waals surface area contributed by atoms with Crippen molar-refractivity contribution in [2.24, 2.45) is 11.7 Å². The minimum Gasteiger partial charge on any atom is -0.355 e. The lowest BCUT2D eigenvalue weighted by molar-refractivity contribution is -0.120. The number of carbonyl (C=O) groups is 1. The molecule has 4 heteroatoms. The molecule has 1 amide bonds. The van der Waals surface area contributed by atoms with E-state index in [1.165, 1.54) is 6.42 Å². The number of nitrogens with zero attached hydrogens (tertiary/aromatic N) is 1. The van der Waals surface area contributed by atoms with Gasteiger partial charge in [0.1, 0.15) is 0 Å². The number of nitrogens with one attached hydrogen (secondary N) is 1. The average Bonchev–Trinajstić information content (AvgIpc) is 2.95. The van der Waals surface area contributed by atoms with Gasteiger partial charge in [0, 0.05) is 25.7 Å². The lowest BCUT2D eigenvalue weighted by atomic mass is 10.1. The zero-order chi connectivity index (χ0) is 15.2. The molecule has 1 atom stereocenters. The molecule has 1 aromatic carbocycles. The summed E-state index contributed by atoms with van der Waals surface area (Å²) in [6.45, 7) is 8.04. The van der Waals surface area contributed by atoms with Gasteiger partial charge in [0.05, 0.1) is 6.42 Å². The molecule has 3 N–H and O–H groups in total. The molecule has 0 aromatic heterocycles. The molecule has 0 radical (unpaired) electrons. The van der Waals surface area contributed by atoms with Crippen molar-refractivity contribution < 1.29 is 4.79 Å². The van der Waals surface area contributed by atoms with Crippen LogP contribution in [0, 0.1) is 5.92 Å². The molecule has 1 unspecified atom stereocenters. The van der Waals surface area contributed by atoms with E-state index in [0.29, 0.717) is 24.9 Å². The molecule has 2 rings (SSSR count). The van der Waals surface area contributed by atoms with Gasteiger partial charge in [-0.05, 0) is 43.9 Å². The van der Waals surface area contributed by atoms with Crippen molar-refractivity contribution in [2.75, 3.05) is 19.6 Å². The van der Waals surface area contributed by atoms with Crippen LogP contribution in [0.5, 0.6) is 0 Å². The SMILES string of the molecule is CC(C)N1CCC(CNC(=O)Cc2ccc(CN)cc2)C1. The Morgan fingerprint density at radius 1 is 1.33 bits per heavy atom. The summed E-state index contributed by atoms with van der Waals surface area (Å²) in [7, 11) is 0. The smallest absolute Gasteiger partial charge is 0.224 e. The molecule has 1 heterocycles. The minimum absolute atomic E-state index is 0.110. The van der Waals surface area contributed by atoms with Gasteiger partial charge in [-0.25, -0.2) is 0 Å². The van der Waals surface area contributed by atoms with Crippen LogP contribution < -0.4 is 11.1 Å². The Morgan fingerprint density at radius 3 is 2.57 bits per heavy atom. The third kappa shape index (κ3) is 4.83. The van der Waals surface area contributed by atoms with E-state index < -0.39 is 0 Å². The molecule has 0 aliphatic carbocycles. The van der Waals surface area contributed by atoms with Gasteiger partial charge in [-0.1, -0.05) is 24.3 Å². The van der Waals surface area contributed by atoms with Gasteiger partial charge in [0.15, 0.2) is 0 Å². The lowest BCUT2D eigenvalue weighted by Crippen LogP contribution is -2.33. The second kappa shape index (κ2) is 7.57. The maximum atomic E-state index is 12.0. The molecule has 0 spiro atoms. The highest BCUT2D eigenvalue weighted by atomic mass is 16.1. The fourth-order valence-electron chi connectivity index (χ4n) is 2.80. The van der Waals surface area contributed by atoms with Gasteiger partial charge in [0.2, 0.25) is 5.91 Å². The van der Waals surface area contributed by atoms with Crippen LogP contribution in [0.4, 0.5) is 0 Å². The third-order valence-corrected chi connectivity index (χ3v) is 4.26. The van der Waals surface area contributed by atoms with Crippen molar-refractivity contribution in [3.63, 3.8) is 0 Å². The summed E-state index contributed by atoms with van der Waals surface area (Å²) in [5.41, 5.74) is 7.71. The molecule has 21 heavy (non-hydrogen) atoms.